The van der Waals surface area contributed by atoms with Gasteiger partial charge in [-0.1, -0.05) is 24.3 Å². The van der Waals surface area contributed by atoms with Gasteiger partial charge in [0.2, 0.25) is 0 Å². The summed E-state index contributed by atoms with van der Waals surface area (Å²) < 4.78 is 0. The van der Waals surface area contributed by atoms with Crippen molar-refractivity contribution in [1.29, 1.82) is 0 Å². The highest BCUT2D eigenvalue weighted by Crippen LogP contribution is 2.35. The molecule has 5 heteroatoms. The van der Waals surface area contributed by atoms with Gasteiger partial charge in [0.1, 0.15) is 0 Å². The van der Waals surface area contributed by atoms with E-state index in [0.717, 1.165) is 55.4 Å². The first-order chi connectivity index (χ1) is 11.2. The molecule has 1 aliphatic carbocycles. The predicted molar refractivity (Wildman–Crippen MR) is 94.1 cm³/mol. The smallest absolute Gasteiger partial charge is 0.185 e. The largest absolute Gasteiger partial charge is 0.387 e. The molecule has 4 rings (SSSR count). The summed E-state index contributed by atoms with van der Waals surface area (Å²) in [6.45, 7) is 6.15. The van der Waals surface area contributed by atoms with E-state index in [4.69, 9.17) is 0 Å². The molecule has 1 aromatic carbocycles. The maximum atomic E-state index is 10.7. The molecule has 2 aliphatic rings. The number of fused-ring (bicyclic) bond motifs is 1. The molecule has 2 aromatic rings. The Kier molecular flexibility index (Phi) is 4.09. The van der Waals surface area contributed by atoms with Crippen LogP contribution < -0.4 is 4.90 Å². The van der Waals surface area contributed by atoms with Crippen molar-refractivity contribution in [3.63, 3.8) is 0 Å². The Morgan fingerprint density at radius 3 is 2.83 bits per heavy atom. The highest BCUT2D eigenvalue weighted by Gasteiger charge is 2.35. The van der Waals surface area contributed by atoms with E-state index in [9.17, 15) is 5.11 Å². The van der Waals surface area contributed by atoms with Gasteiger partial charge in [-0.25, -0.2) is 4.98 Å². The van der Waals surface area contributed by atoms with Crippen LogP contribution in [0.25, 0.3) is 0 Å². The van der Waals surface area contributed by atoms with Crippen LogP contribution in [0.4, 0.5) is 5.13 Å². The third-order valence-corrected chi connectivity index (χ3v) is 6.06. The van der Waals surface area contributed by atoms with Crippen LogP contribution in [0.1, 0.15) is 29.3 Å². The van der Waals surface area contributed by atoms with E-state index in [1.54, 1.807) is 11.3 Å². The van der Waals surface area contributed by atoms with Crippen LogP contribution in [0, 0.1) is 6.92 Å². The number of aryl methyl sites for hydroxylation is 1. The Morgan fingerprint density at radius 1 is 1.17 bits per heavy atom. The van der Waals surface area contributed by atoms with Gasteiger partial charge in [-0.05, 0) is 30.9 Å². The molecule has 4 nitrogen and oxygen atoms in total. The number of hydrogen-bond acceptors (Lipinski definition) is 5. The summed E-state index contributed by atoms with van der Waals surface area (Å²) in [4.78, 5) is 9.49. The van der Waals surface area contributed by atoms with Crippen LogP contribution in [0.3, 0.4) is 0 Å². The number of aromatic nitrogens is 1. The Morgan fingerprint density at radius 2 is 2.04 bits per heavy atom. The molecular weight excluding hydrogens is 306 g/mol. The lowest BCUT2D eigenvalue weighted by Gasteiger charge is -2.30. The monoisotopic (exact) mass is 329 g/mol. The molecule has 1 N–H and O–H groups in total. The fourth-order valence-electron chi connectivity index (χ4n) is 3.83. The van der Waals surface area contributed by atoms with Gasteiger partial charge in [0, 0.05) is 37.6 Å². The molecule has 2 atom stereocenters. The number of nitrogens with zero attached hydrogens (tertiary/aromatic N) is 3. The molecule has 0 saturated carbocycles. The summed E-state index contributed by atoms with van der Waals surface area (Å²) in [6.07, 6.45) is 1.74. The van der Waals surface area contributed by atoms with E-state index >= 15 is 0 Å². The minimum absolute atomic E-state index is 0.227. The van der Waals surface area contributed by atoms with Crippen molar-refractivity contribution in [2.45, 2.75) is 31.9 Å². The fraction of sp³-hybridized carbons (Fsp3) is 0.500. The van der Waals surface area contributed by atoms with Gasteiger partial charge in [0.25, 0.3) is 0 Å². The highest BCUT2D eigenvalue weighted by atomic mass is 32.1. The van der Waals surface area contributed by atoms with Crippen molar-refractivity contribution < 1.29 is 5.11 Å². The van der Waals surface area contributed by atoms with Gasteiger partial charge in [-0.2, -0.15) is 0 Å². The molecule has 1 aromatic heterocycles. The third-order valence-electron chi connectivity index (χ3n) is 5.04. The Bertz CT molecular complexity index is 686. The van der Waals surface area contributed by atoms with Crippen molar-refractivity contribution >= 4 is 16.5 Å². The van der Waals surface area contributed by atoms with Gasteiger partial charge in [-0.3, -0.25) is 4.90 Å². The topological polar surface area (TPSA) is 39.6 Å². The highest BCUT2D eigenvalue weighted by molar-refractivity contribution is 7.13. The molecule has 23 heavy (non-hydrogen) atoms. The minimum atomic E-state index is -0.347. The first-order valence-electron chi connectivity index (χ1n) is 8.39. The van der Waals surface area contributed by atoms with Gasteiger partial charge in [-0.15, -0.1) is 11.3 Å². The van der Waals surface area contributed by atoms with Gasteiger partial charge in [0.15, 0.2) is 5.13 Å². The number of benzene rings is 1. The Labute approximate surface area is 141 Å². The first kappa shape index (κ1) is 15.1. The lowest BCUT2D eigenvalue weighted by atomic mass is 10.1. The lowest BCUT2D eigenvalue weighted by molar-refractivity contribution is 0.0647. The zero-order chi connectivity index (χ0) is 15.8. The molecule has 1 aliphatic heterocycles. The maximum Gasteiger partial charge on any atom is 0.185 e. The second-order valence-electron chi connectivity index (χ2n) is 6.56. The molecule has 0 amide bonds. The fourth-order valence-corrected chi connectivity index (χ4v) is 4.69. The SMILES string of the molecule is Cc1csc(N2CCCN([C@@H]3Cc4ccccc4[C@@H]3O)CC2)n1. The maximum absolute atomic E-state index is 10.7. The molecule has 122 valence electrons. The average molecular weight is 329 g/mol. The van der Waals surface area contributed by atoms with E-state index in [1.807, 2.05) is 6.07 Å². The summed E-state index contributed by atoms with van der Waals surface area (Å²) in [7, 11) is 0. The molecule has 1 saturated heterocycles. The standard InChI is InChI=1S/C18H23N3OS/c1-13-12-23-18(19-13)21-8-4-7-20(9-10-21)16-11-14-5-2-3-6-15(14)17(16)22/h2-3,5-6,12,16-17,22H,4,7-11H2,1H3/t16-,17+/m1/s1. The Hall–Kier alpha value is -1.43. The number of aliphatic hydroxyl groups is 1. The van der Waals surface area contributed by atoms with E-state index < -0.39 is 0 Å². The molecule has 0 bridgehead atoms. The number of hydrogen-bond donors (Lipinski definition) is 1. The quantitative estimate of drug-likeness (QED) is 0.919. The predicted octanol–water partition coefficient (Wildman–Crippen LogP) is 2.62. The molecular formula is C18H23N3OS. The number of rotatable bonds is 2. The summed E-state index contributed by atoms with van der Waals surface area (Å²) >= 11 is 1.74. The summed E-state index contributed by atoms with van der Waals surface area (Å²) in [5, 5.41) is 14.0. The van der Waals surface area contributed by atoms with Crippen LogP contribution in [0.2, 0.25) is 0 Å². The molecule has 2 heterocycles. The first-order valence-corrected chi connectivity index (χ1v) is 9.27. The molecule has 0 spiro atoms. The number of anilines is 1. The van der Waals surface area contributed by atoms with Crippen molar-refractivity contribution in [1.82, 2.24) is 9.88 Å². The van der Waals surface area contributed by atoms with E-state index in [1.165, 1.54) is 5.56 Å². The lowest BCUT2D eigenvalue weighted by Crippen LogP contribution is -2.40. The van der Waals surface area contributed by atoms with Crippen molar-refractivity contribution in [2.24, 2.45) is 0 Å². The number of thiazole rings is 1. The van der Waals surface area contributed by atoms with Crippen molar-refractivity contribution in [3.8, 4) is 0 Å². The molecule has 1 fully saturated rings. The van der Waals surface area contributed by atoms with Gasteiger partial charge in [0.05, 0.1) is 11.8 Å². The minimum Gasteiger partial charge on any atom is -0.387 e. The zero-order valence-electron chi connectivity index (χ0n) is 13.5. The van der Waals surface area contributed by atoms with Crippen LogP contribution in [0.5, 0.6) is 0 Å². The number of aliphatic hydroxyl groups excluding tert-OH is 1. The van der Waals surface area contributed by atoms with E-state index in [2.05, 4.69) is 45.3 Å². The normalized spacial score (nSPS) is 25.4. The van der Waals surface area contributed by atoms with Crippen LogP contribution in [-0.4, -0.2) is 47.2 Å². The van der Waals surface area contributed by atoms with Crippen molar-refractivity contribution in [2.75, 3.05) is 31.1 Å². The second-order valence-corrected chi connectivity index (χ2v) is 7.40. The Balaban J connectivity index is 1.46. The van der Waals surface area contributed by atoms with E-state index in [0.29, 0.717) is 0 Å². The second kappa shape index (κ2) is 6.23. The average Bonchev–Trinajstić information content (AvgIpc) is 3.03. The van der Waals surface area contributed by atoms with Crippen LogP contribution in [0.15, 0.2) is 29.6 Å². The van der Waals surface area contributed by atoms with Gasteiger partial charge >= 0.3 is 0 Å². The molecule has 0 unspecified atom stereocenters. The van der Waals surface area contributed by atoms with E-state index in [-0.39, 0.29) is 12.1 Å². The summed E-state index contributed by atoms with van der Waals surface area (Å²) in [5.41, 5.74) is 3.53. The summed E-state index contributed by atoms with van der Waals surface area (Å²) in [5.74, 6) is 0. The van der Waals surface area contributed by atoms with Crippen LogP contribution in [-0.2, 0) is 6.42 Å². The zero-order valence-corrected chi connectivity index (χ0v) is 14.3. The van der Waals surface area contributed by atoms with Crippen molar-refractivity contribution in [3.05, 3.63) is 46.5 Å². The van der Waals surface area contributed by atoms with Gasteiger partial charge < -0.3 is 10.0 Å². The molecule has 0 radical (unpaired) electrons. The van der Waals surface area contributed by atoms with Crippen LogP contribution >= 0.6 is 11.3 Å². The summed E-state index contributed by atoms with van der Waals surface area (Å²) in [6, 6.07) is 8.55. The third kappa shape index (κ3) is 2.89.